The molecule has 1 aromatic heterocycles. The van der Waals surface area contributed by atoms with E-state index in [9.17, 15) is 13.6 Å². The third-order valence-corrected chi connectivity index (χ3v) is 4.13. The van der Waals surface area contributed by atoms with E-state index in [1.165, 1.54) is 6.07 Å². The molecule has 1 heterocycles. The molecule has 0 N–H and O–H groups in total. The molecule has 0 amide bonds. The molecule has 16 heavy (non-hydrogen) atoms. The van der Waals surface area contributed by atoms with Crippen LogP contribution in [0.3, 0.4) is 0 Å². The normalized spacial score (nSPS) is 10.6. The van der Waals surface area contributed by atoms with E-state index in [1.807, 2.05) is 0 Å². The van der Waals surface area contributed by atoms with Gasteiger partial charge in [0.25, 0.3) is 6.43 Å². The van der Waals surface area contributed by atoms with Gasteiger partial charge in [-0.05, 0) is 51.5 Å². The van der Waals surface area contributed by atoms with Crippen LogP contribution in [0.25, 0.3) is 0 Å². The lowest BCUT2D eigenvalue weighted by molar-refractivity contribution is 0.0517. The molecule has 0 spiro atoms. The fraction of sp³-hybridized carbons (Fsp3) is 0.333. The average Bonchev–Trinajstić information content (AvgIpc) is 2.21. The smallest absolute Gasteiger partial charge is 0.356 e. The van der Waals surface area contributed by atoms with Crippen molar-refractivity contribution >= 4 is 44.5 Å². The summed E-state index contributed by atoms with van der Waals surface area (Å²) < 4.78 is 30.6. The molecule has 0 unspecified atom stereocenters. The van der Waals surface area contributed by atoms with Crippen LogP contribution >= 0.6 is 38.5 Å². The van der Waals surface area contributed by atoms with Crippen LogP contribution in [0.5, 0.6) is 0 Å². The highest BCUT2D eigenvalue weighted by molar-refractivity contribution is 14.1. The van der Waals surface area contributed by atoms with Gasteiger partial charge in [-0.3, -0.25) is 0 Å². The zero-order valence-corrected chi connectivity index (χ0v) is 11.9. The monoisotopic (exact) mass is 405 g/mol. The first kappa shape index (κ1) is 13.8. The highest BCUT2D eigenvalue weighted by Crippen LogP contribution is 2.29. The topological polar surface area (TPSA) is 39.2 Å². The molecule has 0 saturated carbocycles. The summed E-state index contributed by atoms with van der Waals surface area (Å²) in [4.78, 5) is 14.9. The largest absolute Gasteiger partial charge is 0.461 e. The fourth-order valence-corrected chi connectivity index (χ4v) is 1.90. The van der Waals surface area contributed by atoms with Gasteiger partial charge in [-0.15, -0.1) is 0 Å². The second kappa shape index (κ2) is 5.85. The number of hydrogen-bond donors (Lipinski definition) is 0. The lowest BCUT2D eigenvalue weighted by Gasteiger charge is -2.07. The first-order valence-corrected chi connectivity index (χ1v) is 6.15. The minimum Gasteiger partial charge on any atom is -0.461 e. The van der Waals surface area contributed by atoms with Gasteiger partial charge >= 0.3 is 5.97 Å². The van der Waals surface area contributed by atoms with Crippen LogP contribution in [0, 0.1) is 3.57 Å². The van der Waals surface area contributed by atoms with Crippen LogP contribution < -0.4 is 0 Å². The summed E-state index contributed by atoms with van der Waals surface area (Å²) >= 11 is 4.84. The van der Waals surface area contributed by atoms with Gasteiger partial charge in [-0.1, -0.05) is 0 Å². The van der Waals surface area contributed by atoms with Crippen molar-refractivity contribution in [3.05, 3.63) is 25.5 Å². The number of hydrogen-bond acceptors (Lipinski definition) is 3. The Kier molecular flexibility index (Phi) is 5.03. The maximum Gasteiger partial charge on any atom is 0.356 e. The molecule has 7 heteroatoms. The lowest BCUT2D eigenvalue weighted by Crippen LogP contribution is -2.10. The number of rotatable bonds is 3. The highest BCUT2D eigenvalue weighted by Gasteiger charge is 2.20. The second-order valence-corrected chi connectivity index (χ2v) is 4.64. The van der Waals surface area contributed by atoms with Gasteiger partial charge in [0, 0.05) is 4.47 Å². The van der Waals surface area contributed by atoms with Gasteiger partial charge in [0.2, 0.25) is 0 Å². The van der Waals surface area contributed by atoms with E-state index in [-0.39, 0.29) is 12.3 Å². The van der Waals surface area contributed by atoms with E-state index >= 15 is 0 Å². The third kappa shape index (κ3) is 3.09. The average molecular weight is 406 g/mol. The minimum atomic E-state index is -2.72. The molecular formula is C9H7BrF2INO2. The summed E-state index contributed by atoms with van der Waals surface area (Å²) in [5, 5.41) is 0. The molecule has 0 aliphatic carbocycles. The predicted octanol–water partition coefficient (Wildman–Crippen LogP) is 3.56. The minimum absolute atomic E-state index is 0.121. The van der Waals surface area contributed by atoms with Gasteiger partial charge in [0.05, 0.1) is 10.2 Å². The summed E-state index contributed by atoms with van der Waals surface area (Å²) in [6, 6.07) is 1.37. The Balaban J connectivity index is 3.18. The Bertz CT molecular complexity index is 415. The number of carbonyl (C=O) groups is 1. The summed E-state index contributed by atoms with van der Waals surface area (Å²) in [7, 11) is 0. The van der Waals surface area contributed by atoms with Gasteiger partial charge < -0.3 is 4.74 Å². The number of carbonyl (C=O) groups excluding carboxylic acids is 1. The highest BCUT2D eigenvalue weighted by atomic mass is 127. The van der Waals surface area contributed by atoms with Crippen molar-refractivity contribution in [1.82, 2.24) is 4.98 Å². The van der Waals surface area contributed by atoms with Gasteiger partial charge in [0.15, 0.2) is 0 Å². The van der Waals surface area contributed by atoms with Crippen molar-refractivity contribution < 1.29 is 18.3 Å². The van der Waals surface area contributed by atoms with Crippen LogP contribution in [0.4, 0.5) is 8.78 Å². The van der Waals surface area contributed by atoms with Crippen molar-refractivity contribution in [2.45, 2.75) is 13.3 Å². The molecular weight excluding hydrogens is 399 g/mol. The predicted molar refractivity (Wildman–Crippen MR) is 65.6 cm³/mol. The van der Waals surface area contributed by atoms with Crippen LogP contribution in [-0.2, 0) is 4.74 Å². The maximum atomic E-state index is 12.6. The van der Waals surface area contributed by atoms with Crippen LogP contribution in [0.15, 0.2) is 10.5 Å². The number of pyridine rings is 1. The van der Waals surface area contributed by atoms with Crippen molar-refractivity contribution in [1.29, 1.82) is 0 Å². The zero-order chi connectivity index (χ0) is 12.3. The van der Waals surface area contributed by atoms with Gasteiger partial charge in [-0.25, -0.2) is 18.6 Å². The van der Waals surface area contributed by atoms with Crippen molar-refractivity contribution in [3.63, 3.8) is 0 Å². The molecule has 0 saturated heterocycles. The molecule has 0 atom stereocenters. The Morgan fingerprint density at radius 1 is 1.69 bits per heavy atom. The van der Waals surface area contributed by atoms with Crippen LogP contribution in [-0.4, -0.2) is 17.6 Å². The van der Waals surface area contributed by atoms with Crippen molar-refractivity contribution in [2.75, 3.05) is 6.61 Å². The molecule has 3 nitrogen and oxygen atoms in total. The maximum absolute atomic E-state index is 12.6. The van der Waals surface area contributed by atoms with E-state index in [0.717, 1.165) is 0 Å². The first-order valence-electron chi connectivity index (χ1n) is 4.28. The first-order chi connectivity index (χ1) is 7.47. The van der Waals surface area contributed by atoms with E-state index in [2.05, 4.69) is 25.7 Å². The number of alkyl halides is 2. The second-order valence-electron chi connectivity index (χ2n) is 2.71. The lowest BCUT2D eigenvalue weighted by atomic mass is 10.3. The number of aromatic nitrogens is 1. The van der Waals surface area contributed by atoms with Crippen molar-refractivity contribution in [2.24, 2.45) is 0 Å². The molecule has 88 valence electrons. The quantitative estimate of drug-likeness (QED) is 0.570. The van der Waals surface area contributed by atoms with E-state index in [0.29, 0.717) is 8.04 Å². The number of halogens is 4. The molecule has 1 aromatic rings. The molecule has 0 aliphatic heterocycles. The molecule has 0 bridgehead atoms. The van der Waals surface area contributed by atoms with Gasteiger partial charge in [0.1, 0.15) is 11.4 Å². The summed E-state index contributed by atoms with van der Waals surface area (Å²) in [6.07, 6.45) is -2.72. The summed E-state index contributed by atoms with van der Waals surface area (Å²) in [6.45, 7) is 1.81. The summed E-state index contributed by atoms with van der Waals surface area (Å²) in [5.41, 5.74) is -0.539. The van der Waals surface area contributed by atoms with Crippen LogP contribution in [0.1, 0.15) is 29.5 Å². The molecule has 1 rings (SSSR count). The Hall–Kier alpha value is -0.310. The molecule has 0 aliphatic rings. The Morgan fingerprint density at radius 2 is 2.31 bits per heavy atom. The number of nitrogens with zero attached hydrogens (tertiary/aromatic N) is 1. The third-order valence-electron chi connectivity index (χ3n) is 1.63. The SMILES string of the molecule is CCOC(=O)c1cc(Br)c(I)c(C(F)F)n1. The van der Waals surface area contributed by atoms with E-state index in [1.54, 1.807) is 29.5 Å². The fourth-order valence-electron chi connectivity index (χ4n) is 0.971. The van der Waals surface area contributed by atoms with E-state index < -0.39 is 18.1 Å². The van der Waals surface area contributed by atoms with Crippen LogP contribution in [0.2, 0.25) is 0 Å². The number of esters is 1. The van der Waals surface area contributed by atoms with Crippen molar-refractivity contribution in [3.8, 4) is 0 Å². The van der Waals surface area contributed by atoms with E-state index in [4.69, 9.17) is 0 Å². The standard InChI is InChI=1S/C9H7BrF2INO2/c1-2-16-9(15)5-3-4(10)6(13)7(14-5)8(11)12/h3,8H,2H2,1H3. The Morgan fingerprint density at radius 3 is 2.81 bits per heavy atom. The molecule has 0 aromatic carbocycles. The molecule has 0 radical (unpaired) electrons. The Labute approximate surface area is 113 Å². The molecule has 0 fully saturated rings. The zero-order valence-electron chi connectivity index (χ0n) is 8.14. The summed E-state index contributed by atoms with van der Waals surface area (Å²) in [5.74, 6) is -0.707. The van der Waals surface area contributed by atoms with Gasteiger partial charge in [-0.2, -0.15) is 0 Å². The number of ether oxygens (including phenoxy) is 1.